The van der Waals surface area contributed by atoms with E-state index < -0.39 is 0 Å². The van der Waals surface area contributed by atoms with E-state index >= 15 is 0 Å². The number of hydrogen-bond acceptors (Lipinski definition) is 3. The highest BCUT2D eigenvalue weighted by Gasteiger charge is 2.05. The average molecular weight is 231 g/mol. The largest absolute Gasteiger partial charge is 0.392 e. The molecule has 0 unspecified atom stereocenters. The van der Waals surface area contributed by atoms with Crippen LogP contribution in [0.25, 0.3) is 0 Å². The Morgan fingerprint density at radius 2 is 2.18 bits per heavy atom. The molecule has 90 valence electrons. The van der Waals surface area contributed by atoms with Crippen LogP contribution in [0.2, 0.25) is 0 Å². The van der Waals surface area contributed by atoms with Crippen molar-refractivity contribution in [1.29, 1.82) is 0 Å². The van der Waals surface area contributed by atoms with E-state index in [2.05, 4.69) is 15.5 Å². The molecule has 0 aliphatic heterocycles. The van der Waals surface area contributed by atoms with E-state index in [1.54, 1.807) is 0 Å². The fraction of sp³-hybridized carbons (Fsp3) is 0.308. The van der Waals surface area contributed by atoms with Crippen molar-refractivity contribution >= 4 is 5.69 Å². The number of aliphatic hydroxyl groups excluding tert-OH is 1. The standard InChI is InChI=1S/C13H17N3O/c1-9-13(10(2)16-15-9)7-14-12-5-3-4-11(6-12)8-17/h3-6,14,17H,7-8H2,1-2H3,(H,15,16). The van der Waals surface area contributed by atoms with E-state index in [0.717, 1.165) is 29.2 Å². The molecule has 3 N–H and O–H groups in total. The van der Waals surface area contributed by atoms with E-state index in [0.29, 0.717) is 0 Å². The monoisotopic (exact) mass is 231 g/mol. The zero-order chi connectivity index (χ0) is 12.3. The molecule has 2 aromatic rings. The molecule has 0 radical (unpaired) electrons. The molecule has 4 heteroatoms. The molecule has 0 saturated heterocycles. The molecule has 1 aromatic carbocycles. The molecule has 0 atom stereocenters. The minimum Gasteiger partial charge on any atom is -0.392 e. The van der Waals surface area contributed by atoms with Gasteiger partial charge in [0.25, 0.3) is 0 Å². The van der Waals surface area contributed by atoms with Gasteiger partial charge < -0.3 is 10.4 Å². The summed E-state index contributed by atoms with van der Waals surface area (Å²) < 4.78 is 0. The van der Waals surface area contributed by atoms with Gasteiger partial charge in [0.05, 0.1) is 12.3 Å². The lowest BCUT2D eigenvalue weighted by Crippen LogP contribution is -2.01. The number of H-pyrrole nitrogens is 1. The highest BCUT2D eigenvalue weighted by atomic mass is 16.3. The van der Waals surface area contributed by atoms with Crippen LogP contribution in [0, 0.1) is 13.8 Å². The van der Waals surface area contributed by atoms with Crippen LogP contribution in [0.3, 0.4) is 0 Å². The molecule has 1 aromatic heterocycles. The second-order valence-electron chi connectivity index (χ2n) is 4.12. The Bertz CT molecular complexity index is 486. The zero-order valence-corrected chi connectivity index (χ0v) is 10.1. The van der Waals surface area contributed by atoms with Gasteiger partial charge in [-0.25, -0.2) is 0 Å². The number of benzene rings is 1. The number of hydrogen-bond donors (Lipinski definition) is 3. The fourth-order valence-corrected chi connectivity index (χ4v) is 1.80. The summed E-state index contributed by atoms with van der Waals surface area (Å²) in [7, 11) is 0. The third-order valence-electron chi connectivity index (χ3n) is 2.86. The molecule has 0 spiro atoms. The maximum absolute atomic E-state index is 9.06. The number of nitrogens with zero attached hydrogens (tertiary/aromatic N) is 1. The molecule has 4 nitrogen and oxygen atoms in total. The third-order valence-corrected chi connectivity index (χ3v) is 2.86. The van der Waals surface area contributed by atoms with Crippen LogP contribution in [-0.2, 0) is 13.2 Å². The van der Waals surface area contributed by atoms with E-state index in [1.165, 1.54) is 5.56 Å². The predicted octanol–water partition coefficient (Wildman–Crippen LogP) is 2.13. The smallest absolute Gasteiger partial charge is 0.0682 e. The zero-order valence-electron chi connectivity index (χ0n) is 10.1. The summed E-state index contributed by atoms with van der Waals surface area (Å²) >= 11 is 0. The fourth-order valence-electron chi connectivity index (χ4n) is 1.80. The first-order valence-corrected chi connectivity index (χ1v) is 5.65. The highest BCUT2D eigenvalue weighted by molar-refractivity contribution is 5.46. The molecule has 1 heterocycles. The van der Waals surface area contributed by atoms with Crippen LogP contribution in [0.1, 0.15) is 22.5 Å². The summed E-state index contributed by atoms with van der Waals surface area (Å²) in [5.41, 5.74) is 5.23. The number of nitrogens with one attached hydrogen (secondary N) is 2. The van der Waals surface area contributed by atoms with Gasteiger partial charge in [-0.3, -0.25) is 5.10 Å². The second kappa shape index (κ2) is 5.01. The minimum absolute atomic E-state index is 0.0687. The van der Waals surface area contributed by atoms with Gasteiger partial charge in [0.2, 0.25) is 0 Å². The van der Waals surface area contributed by atoms with Crippen molar-refractivity contribution in [3.8, 4) is 0 Å². The first-order chi connectivity index (χ1) is 8.20. The van der Waals surface area contributed by atoms with Gasteiger partial charge in [0.15, 0.2) is 0 Å². The molecule has 0 fully saturated rings. The number of aliphatic hydroxyl groups is 1. The summed E-state index contributed by atoms with van der Waals surface area (Å²) in [6.07, 6.45) is 0. The van der Waals surface area contributed by atoms with Gasteiger partial charge in [-0.05, 0) is 31.5 Å². The van der Waals surface area contributed by atoms with E-state index in [-0.39, 0.29) is 6.61 Å². The van der Waals surface area contributed by atoms with Crippen LogP contribution in [0.4, 0.5) is 5.69 Å². The van der Waals surface area contributed by atoms with Gasteiger partial charge in [0, 0.05) is 23.5 Å². The normalized spacial score (nSPS) is 10.5. The van der Waals surface area contributed by atoms with E-state index in [9.17, 15) is 0 Å². The summed E-state index contributed by atoms with van der Waals surface area (Å²) in [6, 6.07) is 7.77. The Kier molecular flexibility index (Phi) is 3.44. The average Bonchev–Trinajstić information content (AvgIpc) is 2.67. The maximum Gasteiger partial charge on any atom is 0.0682 e. The van der Waals surface area contributed by atoms with Crippen LogP contribution >= 0.6 is 0 Å². The summed E-state index contributed by atoms with van der Waals surface area (Å²) in [6.45, 7) is 4.81. The molecule has 0 aliphatic carbocycles. The Labute approximate surface area is 101 Å². The van der Waals surface area contributed by atoms with Crippen molar-refractivity contribution in [3.05, 3.63) is 46.8 Å². The molecule has 0 bridgehead atoms. The van der Waals surface area contributed by atoms with Crippen molar-refractivity contribution in [3.63, 3.8) is 0 Å². The van der Waals surface area contributed by atoms with Crippen molar-refractivity contribution in [2.75, 3.05) is 5.32 Å². The molecule has 2 rings (SSSR count). The SMILES string of the molecule is Cc1n[nH]c(C)c1CNc1cccc(CO)c1. The maximum atomic E-state index is 9.06. The molecule has 17 heavy (non-hydrogen) atoms. The molecular weight excluding hydrogens is 214 g/mol. The molecule has 0 saturated carbocycles. The van der Waals surface area contributed by atoms with Gasteiger partial charge in [-0.1, -0.05) is 12.1 Å². The minimum atomic E-state index is 0.0687. The lowest BCUT2D eigenvalue weighted by Gasteiger charge is -2.07. The van der Waals surface area contributed by atoms with Crippen LogP contribution < -0.4 is 5.32 Å². The second-order valence-corrected chi connectivity index (χ2v) is 4.12. The number of aromatic amines is 1. The van der Waals surface area contributed by atoms with Crippen molar-refractivity contribution < 1.29 is 5.11 Å². The lowest BCUT2D eigenvalue weighted by atomic mass is 10.1. The number of anilines is 1. The highest BCUT2D eigenvalue weighted by Crippen LogP contribution is 2.14. The summed E-state index contributed by atoms with van der Waals surface area (Å²) in [4.78, 5) is 0. The topological polar surface area (TPSA) is 60.9 Å². The quantitative estimate of drug-likeness (QED) is 0.755. The van der Waals surface area contributed by atoms with E-state index in [1.807, 2.05) is 38.1 Å². The Morgan fingerprint density at radius 1 is 1.35 bits per heavy atom. The number of aromatic nitrogens is 2. The first kappa shape index (κ1) is 11.7. The Balaban J connectivity index is 2.07. The van der Waals surface area contributed by atoms with E-state index in [4.69, 9.17) is 5.11 Å². The lowest BCUT2D eigenvalue weighted by molar-refractivity contribution is 0.282. The predicted molar refractivity (Wildman–Crippen MR) is 67.8 cm³/mol. The van der Waals surface area contributed by atoms with Crippen molar-refractivity contribution in [2.24, 2.45) is 0 Å². The Morgan fingerprint density at radius 3 is 2.82 bits per heavy atom. The summed E-state index contributed by atoms with van der Waals surface area (Å²) in [5.74, 6) is 0. The number of aryl methyl sites for hydroxylation is 2. The number of rotatable bonds is 4. The van der Waals surface area contributed by atoms with Crippen LogP contribution in [-0.4, -0.2) is 15.3 Å². The Hall–Kier alpha value is -1.81. The van der Waals surface area contributed by atoms with Crippen molar-refractivity contribution in [2.45, 2.75) is 27.0 Å². The van der Waals surface area contributed by atoms with Gasteiger partial charge in [-0.2, -0.15) is 5.10 Å². The first-order valence-electron chi connectivity index (χ1n) is 5.65. The van der Waals surface area contributed by atoms with Gasteiger partial charge in [-0.15, -0.1) is 0 Å². The van der Waals surface area contributed by atoms with Crippen molar-refractivity contribution in [1.82, 2.24) is 10.2 Å². The van der Waals surface area contributed by atoms with Crippen LogP contribution in [0.15, 0.2) is 24.3 Å². The van der Waals surface area contributed by atoms with Gasteiger partial charge in [0.1, 0.15) is 0 Å². The summed E-state index contributed by atoms with van der Waals surface area (Å²) in [5, 5.41) is 19.5. The molecular formula is C13H17N3O. The van der Waals surface area contributed by atoms with Crippen LogP contribution in [0.5, 0.6) is 0 Å². The molecule has 0 amide bonds. The molecule has 0 aliphatic rings. The van der Waals surface area contributed by atoms with Gasteiger partial charge >= 0.3 is 0 Å². The third kappa shape index (κ3) is 2.65.